The van der Waals surface area contributed by atoms with Crippen LogP contribution in [-0.2, 0) is 19.1 Å². The van der Waals surface area contributed by atoms with Gasteiger partial charge in [-0.2, -0.15) is 18.2 Å². The number of alkyl halides is 3. The van der Waals surface area contributed by atoms with E-state index in [4.69, 9.17) is 11.6 Å². The molecular weight excluding hydrogens is 447 g/mol. The van der Waals surface area contributed by atoms with E-state index >= 15 is 0 Å². The molecule has 3 aromatic rings. The second-order valence-electron chi connectivity index (χ2n) is 7.23. The first-order valence-corrected chi connectivity index (χ1v) is 10.8. The summed E-state index contributed by atoms with van der Waals surface area (Å²) in [6.07, 6.45) is 0.149. The minimum absolute atomic E-state index is 0.166. The van der Waals surface area contributed by atoms with E-state index in [1.54, 1.807) is 19.2 Å². The van der Waals surface area contributed by atoms with Crippen molar-refractivity contribution in [1.29, 1.82) is 0 Å². The average molecular weight is 468 g/mol. The van der Waals surface area contributed by atoms with Crippen molar-refractivity contribution in [2.45, 2.75) is 45.3 Å². The van der Waals surface area contributed by atoms with Gasteiger partial charge < -0.3 is 4.57 Å². The van der Waals surface area contributed by atoms with Crippen LogP contribution in [0.4, 0.5) is 13.2 Å². The molecule has 0 saturated carbocycles. The van der Waals surface area contributed by atoms with Gasteiger partial charge in [0.2, 0.25) is 0 Å². The highest BCUT2D eigenvalue weighted by Gasteiger charge is 2.31. The van der Waals surface area contributed by atoms with Gasteiger partial charge in [-0.25, -0.2) is 4.98 Å². The van der Waals surface area contributed by atoms with Crippen molar-refractivity contribution in [3.8, 4) is 11.1 Å². The van der Waals surface area contributed by atoms with Crippen LogP contribution in [0.15, 0.2) is 47.9 Å². The first kappa shape index (κ1) is 23.2. The summed E-state index contributed by atoms with van der Waals surface area (Å²) in [6, 6.07) is 4.76. The minimum Gasteiger partial charge on any atom is -0.329 e. The van der Waals surface area contributed by atoms with E-state index in [0.717, 1.165) is 17.0 Å². The minimum atomic E-state index is -4.49. The molecule has 2 heterocycles. The molecular formula is C22H21ClF3N3OS. The topological polar surface area (TPSA) is 47.8 Å². The van der Waals surface area contributed by atoms with Gasteiger partial charge in [0.1, 0.15) is 5.82 Å². The van der Waals surface area contributed by atoms with Crippen molar-refractivity contribution >= 4 is 22.9 Å². The summed E-state index contributed by atoms with van der Waals surface area (Å²) in [5.41, 5.74) is -0.427. The van der Waals surface area contributed by atoms with Gasteiger partial charge in [-0.3, -0.25) is 4.79 Å². The predicted octanol–water partition coefficient (Wildman–Crippen LogP) is 6.27. The van der Waals surface area contributed by atoms with Crippen LogP contribution >= 0.6 is 22.9 Å². The molecule has 3 rings (SSSR count). The predicted molar refractivity (Wildman–Crippen MR) is 118 cm³/mol. The van der Waals surface area contributed by atoms with Gasteiger partial charge in [0, 0.05) is 29.7 Å². The number of aryl methyl sites for hydroxylation is 1. The second-order valence-corrected chi connectivity index (χ2v) is 8.87. The lowest BCUT2D eigenvalue weighted by Gasteiger charge is -2.19. The van der Waals surface area contributed by atoms with Gasteiger partial charge in [-0.1, -0.05) is 36.7 Å². The Balaban J connectivity index is 1.98. The van der Waals surface area contributed by atoms with E-state index in [1.807, 2.05) is 11.5 Å². The Labute approximate surface area is 187 Å². The molecule has 164 valence electrons. The maximum Gasteiger partial charge on any atom is 0.416 e. The smallest absolute Gasteiger partial charge is 0.329 e. The standard InChI is InChI=1S/C22H21ClF3N3OS/c1-4-10-29-14(3)19(15-6-5-7-16(11-15)22(24,25)26)20(30)28-18(29)9-8-13(2)17-12-27-21(23)31-17/h4-7,11-13H,1,8-10H2,2-3H3. The number of halogens is 4. The molecule has 31 heavy (non-hydrogen) atoms. The van der Waals surface area contributed by atoms with Gasteiger partial charge in [0.05, 0.1) is 11.1 Å². The van der Waals surface area contributed by atoms with E-state index in [9.17, 15) is 18.0 Å². The first-order chi connectivity index (χ1) is 14.6. The van der Waals surface area contributed by atoms with Crippen LogP contribution in [0.1, 0.15) is 41.2 Å². The molecule has 0 N–H and O–H groups in total. The monoisotopic (exact) mass is 467 g/mol. The molecule has 9 heteroatoms. The number of thiazole rings is 1. The zero-order valence-corrected chi connectivity index (χ0v) is 18.6. The Morgan fingerprint density at radius 2 is 2.10 bits per heavy atom. The molecule has 0 radical (unpaired) electrons. The Kier molecular flexibility index (Phi) is 7.01. The van der Waals surface area contributed by atoms with Crippen LogP contribution in [0.5, 0.6) is 0 Å². The molecule has 0 aliphatic heterocycles. The van der Waals surface area contributed by atoms with E-state index < -0.39 is 17.3 Å². The molecule has 0 amide bonds. The molecule has 1 aromatic carbocycles. The van der Waals surface area contributed by atoms with Crippen LogP contribution in [-0.4, -0.2) is 14.5 Å². The number of hydrogen-bond donors (Lipinski definition) is 0. The summed E-state index contributed by atoms with van der Waals surface area (Å²) in [4.78, 5) is 22.2. The molecule has 0 aliphatic carbocycles. The van der Waals surface area contributed by atoms with Crippen LogP contribution in [0, 0.1) is 6.92 Å². The molecule has 1 unspecified atom stereocenters. The normalized spacial score (nSPS) is 12.7. The number of hydrogen-bond acceptors (Lipinski definition) is 4. The average Bonchev–Trinajstić information content (AvgIpc) is 3.14. The van der Waals surface area contributed by atoms with Gasteiger partial charge in [-0.05, 0) is 37.0 Å². The van der Waals surface area contributed by atoms with Crippen molar-refractivity contribution in [1.82, 2.24) is 14.5 Å². The van der Waals surface area contributed by atoms with Crippen LogP contribution in [0.3, 0.4) is 0 Å². The van der Waals surface area contributed by atoms with E-state index in [-0.39, 0.29) is 17.0 Å². The number of benzene rings is 1. The highest BCUT2D eigenvalue weighted by molar-refractivity contribution is 7.15. The summed E-state index contributed by atoms with van der Waals surface area (Å²) >= 11 is 7.32. The highest BCUT2D eigenvalue weighted by atomic mass is 35.5. The summed E-state index contributed by atoms with van der Waals surface area (Å²) in [5.74, 6) is 0.739. The summed E-state index contributed by atoms with van der Waals surface area (Å²) in [7, 11) is 0. The van der Waals surface area contributed by atoms with Crippen molar-refractivity contribution in [2.75, 3.05) is 0 Å². The largest absolute Gasteiger partial charge is 0.416 e. The lowest BCUT2D eigenvalue weighted by atomic mass is 10.0. The summed E-state index contributed by atoms with van der Waals surface area (Å²) in [6.45, 7) is 7.91. The summed E-state index contributed by atoms with van der Waals surface area (Å²) in [5, 5.41) is 0. The Bertz CT molecular complexity index is 1150. The summed E-state index contributed by atoms with van der Waals surface area (Å²) < 4.78 is 41.7. The van der Waals surface area contributed by atoms with Gasteiger partial charge in [-0.15, -0.1) is 17.9 Å². The molecule has 0 fully saturated rings. The number of rotatable bonds is 7. The first-order valence-electron chi connectivity index (χ1n) is 9.62. The molecule has 0 bridgehead atoms. The van der Waals surface area contributed by atoms with Crippen molar-refractivity contribution < 1.29 is 13.2 Å². The fourth-order valence-corrected chi connectivity index (χ4v) is 4.48. The van der Waals surface area contributed by atoms with Gasteiger partial charge in [0.15, 0.2) is 4.47 Å². The maximum absolute atomic E-state index is 13.1. The molecule has 0 saturated heterocycles. The molecule has 4 nitrogen and oxygen atoms in total. The number of allylic oxidation sites excluding steroid dienone is 1. The second kappa shape index (κ2) is 9.36. The lowest BCUT2D eigenvalue weighted by molar-refractivity contribution is -0.137. The number of nitrogens with zero attached hydrogens (tertiary/aromatic N) is 3. The van der Waals surface area contributed by atoms with Crippen LogP contribution < -0.4 is 5.56 Å². The molecule has 0 aliphatic rings. The SMILES string of the molecule is C=CCn1c(CCC(C)c2cnc(Cl)s2)nc(=O)c(-c2cccc(C(F)(F)F)c2)c1C. The third-order valence-corrected chi connectivity index (χ3v) is 6.44. The zero-order chi connectivity index (χ0) is 22.8. The van der Waals surface area contributed by atoms with Crippen molar-refractivity contribution in [3.63, 3.8) is 0 Å². The zero-order valence-electron chi connectivity index (χ0n) is 17.0. The third kappa shape index (κ3) is 5.25. The van der Waals surface area contributed by atoms with Crippen LogP contribution in [0.2, 0.25) is 4.47 Å². The van der Waals surface area contributed by atoms with E-state index in [2.05, 4.69) is 16.5 Å². The highest BCUT2D eigenvalue weighted by Crippen LogP contribution is 2.32. The Hall–Kier alpha value is -2.45. The maximum atomic E-state index is 13.1. The van der Waals surface area contributed by atoms with Gasteiger partial charge >= 0.3 is 6.18 Å². The fourth-order valence-electron chi connectivity index (χ4n) is 3.44. The quantitative estimate of drug-likeness (QED) is 0.385. The van der Waals surface area contributed by atoms with Crippen molar-refractivity contribution in [2.24, 2.45) is 0 Å². The van der Waals surface area contributed by atoms with Gasteiger partial charge in [0.25, 0.3) is 5.56 Å². The van der Waals surface area contributed by atoms with E-state index in [1.165, 1.54) is 23.5 Å². The Morgan fingerprint density at radius 1 is 1.35 bits per heavy atom. The van der Waals surface area contributed by atoms with E-state index in [0.29, 0.717) is 35.4 Å². The van der Waals surface area contributed by atoms with Crippen molar-refractivity contribution in [3.05, 3.63) is 79.9 Å². The molecule has 0 spiro atoms. The fraction of sp³-hybridized carbons (Fsp3) is 0.318. The number of aromatic nitrogens is 3. The molecule has 1 atom stereocenters. The Morgan fingerprint density at radius 3 is 2.71 bits per heavy atom. The third-order valence-electron chi connectivity index (χ3n) is 5.09. The van der Waals surface area contributed by atoms with Crippen LogP contribution in [0.25, 0.3) is 11.1 Å². The lowest BCUT2D eigenvalue weighted by Crippen LogP contribution is -2.23. The molecule has 2 aromatic heterocycles.